The van der Waals surface area contributed by atoms with Crippen molar-refractivity contribution in [1.29, 1.82) is 0 Å². The van der Waals surface area contributed by atoms with Crippen LogP contribution in [0.5, 0.6) is 5.75 Å². The second kappa shape index (κ2) is 10.6. The molecule has 2 atom stereocenters. The van der Waals surface area contributed by atoms with E-state index in [1.807, 2.05) is 31.2 Å². The number of ether oxygens (including phenoxy) is 2. The molecular weight excluding hydrogens is 434 g/mol. The molecule has 1 aliphatic rings. The molecule has 34 heavy (non-hydrogen) atoms. The number of hydrogen-bond donors (Lipinski definition) is 2. The van der Waals surface area contributed by atoms with E-state index >= 15 is 0 Å². The van der Waals surface area contributed by atoms with Gasteiger partial charge in [-0.15, -0.1) is 0 Å². The number of nitrogens with one attached hydrogen (secondary N) is 2. The lowest BCUT2D eigenvalue weighted by Crippen LogP contribution is -2.49. The van der Waals surface area contributed by atoms with Crippen LogP contribution in [0.3, 0.4) is 0 Å². The predicted octanol–water partition coefficient (Wildman–Crippen LogP) is 4.20. The van der Waals surface area contributed by atoms with Crippen molar-refractivity contribution in [3.05, 3.63) is 59.7 Å². The number of benzene rings is 2. The summed E-state index contributed by atoms with van der Waals surface area (Å²) in [5.74, 6) is -0.104. The van der Waals surface area contributed by atoms with E-state index in [0.29, 0.717) is 36.4 Å². The second-order valence-corrected chi connectivity index (χ2v) is 9.40. The van der Waals surface area contributed by atoms with Crippen LogP contribution in [-0.2, 0) is 14.3 Å². The molecule has 1 aliphatic heterocycles. The summed E-state index contributed by atoms with van der Waals surface area (Å²) in [6.45, 7) is 7.74. The van der Waals surface area contributed by atoms with E-state index in [9.17, 15) is 14.4 Å². The Kier molecular flexibility index (Phi) is 7.81. The van der Waals surface area contributed by atoms with Gasteiger partial charge >= 0.3 is 6.09 Å². The number of hydrogen-bond acceptors (Lipinski definition) is 5. The average molecular weight is 468 g/mol. The zero-order valence-electron chi connectivity index (χ0n) is 20.4. The van der Waals surface area contributed by atoms with Crippen molar-refractivity contribution in [2.45, 2.75) is 58.2 Å². The third-order valence-corrected chi connectivity index (χ3v) is 5.50. The van der Waals surface area contributed by atoms with Crippen molar-refractivity contribution in [3.63, 3.8) is 0 Å². The van der Waals surface area contributed by atoms with Gasteiger partial charge in [-0.25, -0.2) is 4.79 Å². The molecule has 3 amide bonds. The van der Waals surface area contributed by atoms with Crippen LogP contribution in [0.4, 0.5) is 10.5 Å². The van der Waals surface area contributed by atoms with Crippen molar-refractivity contribution >= 4 is 23.6 Å². The van der Waals surface area contributed by atoms with Gasteiger partial charge in [0.05, 0.1) is 7.11 Å². The van der Waals surface area contributed by atoms with E-state index in [2.05, 4.69) is 10.6 Å². The van der Waals surface area contributed by atoms with Crippen LogP contribution in [0.2, 0.25) is 0 Å². The van der Waals surface area contributed by atoms with Gasteiger partial charge < -0.3 is 20.1 Å². The van der Waals surface area contributed by atoms with Crippen LogP contribution in [0.25, 0.3) is 0 Å². The van der Waals surface area contributed by atoms with Crippen molar-refractivity contribution < 1.29 is 23.9 Å². The fourth-order valence-electron chi connectivity index (χ4n) is 3.76. The molecule has 0 radical (unpaired) electrons. The van der Waals surface area contributed by atoms with Gasteiger partial charge in [-0.2, -0.15) is 0 Å². The number of rotatable bonds is 6. The Hall–Kier alpha value is -3.55. The number of amides is 3. The second-order valence-electron chi connectivity index (χ2n) is 9.40. The summed E-state index contributed by atoms with van der Waals surface area (Å²) < 4.78 is 10.6. The molecule has 1 saturated heterocycles. The number of carbonyl (C=O) groups excluding carboxylic acids is 3. The number of anilines is 1. The lowest BCUT2D eigenvalue weighted by molar-refractivity contribution is -0.129. The Morgan fingerprint density at radius 2 is 1.68 bits per heavy atom. The van der Waals surface area contributed by atoms with Crippen molar-refractivity contribution in [2.24, 2.45) is 0 Å². The molecule has 8 heteroatoms. The number of aryl methyl sites for hydroxylation is 1. The number of methoxy groups -OCH3 is 1. The van der Waals surface area contributed by atoms with Crippen LogP contribution in [0.1, 0.15) is 50.8 Å². The highest BCUT2D eigenvalue weighted by Crippen LogP contribution is 2.24. The summed E-state index contributed by atoms with van der Waals surface area (Å²) in [5.41, 5.74) is 1.60. The van der Waals surface area contributed by atoms with E-state index in [4.69, 9.17) is 9.47 Å². The summed E-state index contributed by atoms with van der Waals surface area (Å²) in [6, 6.07) is 12.7. The fourth-order valence-corrected chi connectivity index (χ4v) is 3.76. The Bertz CT molecular complexity index is 1010. The molecule has 8 nitrogen and oxygen atoms in total. The van der Waals surface area contributed by atoms with Crippen LogP contribution in [-0.4, -0.2) is 48.1 Å². The summed E-state index contributed by atoms with van der Waals surface area (Å²) in [7, 11) is 1.57. The standard InChI is InChI=1S/C26H33N3O5/c1-17-8-10-18(11-9-17)22(24(31)27-19-12-14-20(33-5)15-13-19)28-23(30)21-7-6-16-29(21)25(32)34-26(2,3)4/h8-15,21-22H,6-7,16H2,1-5H3,(H,27,31)(H,28,30)/t21-,22-/m1/s1. The van der Waals surface area contributed by atoms with E-state index in [-0.39, 0.29) is 11.8 Å². The van der Waals surface area contributed by atoms with Crippen LogP contribution in [0.15, 0.2) is 48.5 Å². The molecule has 0 unspecified atom stereocenters. The van der Waals surface area contributed by atoms with Gasteiger partial charge in [-0.05, 0) is 70.4 Å². The smallest absolute Gasteiger partial charge is 0.410 e. The average Bonchev–Trinajstić information content (AvgIpc) is 3.28. The molecule has 2 N–H and O–H groups in total. The van der Waals surface area contributed by atoms with E-state index in [1.165, 1.54) is 4.90 Å². The summed E-state index contributed by atoms with van der Waals surface area (Å²) in [6.07, 6.45) is 0.663. The molecule has 2 aromatic rings. The minimum Gasteiger partial charge on any atom is -0.497 e. The van der Waals surface area contributed by atoms with E-state index in [1.54, 1.807) is 52.1 Å². The van der Waals surface area contributed by atoms with Crippen molar-refractivity contribution in [3.8, 4) is 5.75 Å². The first-order valence-corrected chi connectivity index (χ1v) is 11.4. The molecule has 0 spiro atoms. The highest BCUT2D eigenvalue weighted by Gasteiger charge is 2.38. The SMILES string of the molecule is COc1ccc(NC(=O)[C@H](NC(=O)[C@H]2CCCN2C(=O)OC(C)(C)C)c2ccc(C)cc2)cc1. The van der Waals surface area contributed by atoms with Gasteiger partial charge in [0.25, 0.3) is 5.91 Å². The number of carbonyl (C=O) groups is 3. The quantitative estimate of drug-likeness (QED) is 0.664. The Morgan fingerprint density at radius 3 is 2.26 bits per heavy atom. The molecule has 0 aromatic heterocycles. The Labute approximate surface area is 200 Å². The lowest BCUT2D eigenvalue weighted by atomic mass is 10.0. The predicted molar refractivity (Wildman–Crippen MR) is 130 cm³/mol. The summed E-state index contributed by atoms with van der Waals surface area (Å²) in [5, 5.41) is 5.71. The molecular formula is C26H33N3O5. The minimum absolute atomic E-state index is 0.385. The molecule has 0 bridgehead atoms. The van der Waals surface area contributed by atoms with Crippen molar-refractivity contribution in [1.82, 2.24) is 10.2 Å². The van der Waals surface area contributed by atoms with Gasteiger partial charge in [-0.1, -0.05) is 29.8 Å². The highest BCUT2D eigenvalue weighted by molar-refractivity contribution is 5.99. The maximum absolute atomic E-state index is 13.3. The molecule has 0 aliphatic carbocycles. The maximum atomic E-state index is 13.3. The number of likely N-dealkylation sites (tertiary alicyclic amines) is 1. The highest BCUT2D eigenvalue weighted by atomic mass is 16.6. The minimum atomic E-state index is -0.934. The van der Waals surface area contributed by atoms with Crippen molar-refractivity contribution in [2.75, 3.05) is 19.0 Å². The van der Waals surface area contributed by atoms with Crippen LogP contribution < -0.4 is 15.4 Å². The van der Waals surface area contributed by atoms with Crippen LogP contribution in [0, 0.1) is 6.92 Å². The third kappa shape index (κ3) is 6.50. The van der Waals surface area contributed by atoms with Gasteiger partial charge in [-0.3, -0.25) is 14.5 Å². The Morgan fingerprint density at radius 1 is 1.03 bits per heavy atom. The molecule has 0 saturated carbocycles. The molecule has 1 heterocycles. The first kappa shape index (κ1) is 25.1. The largest absolute Gasteiger partial charge is 0.497 e. The summed E-state index contributed by atoms with van der Waals surface area (Å²) in [4.78, 5) is 40.6. The Balaban J connectivity index is 1.79. The third-order valence-electron chi connectivity index (χ3n) is 5.50. The first-order valence-electron chi connectivity index (χ1n) is 11.4. The maximum Gasteiger partial charge on any atom is 0.410 e. The fraction of sp³-hybridized carbons (Fsp3) is 0.423. The topological polar surface area (TPSA) is 97.0 Å². The van der Waals surface area contributed by atoms with Gasteiger partial charge in [0.1, 0.15) is 23.4 Å². The molecule has 2 aromatic carbocycles. The first-order chi connectivity index (χ1) is 16.1. The van der Waals surface area contributed by atoms with E-state index in [0.717, 1.165) is 5.56 Å². The van der Waals surface area contributed by atoms with Gasteiger partial charge in [0.2, 0.25) is 5.91 Å². The zero-order valence-corrected chi connectivity index (χ0v) is 20.4. The van der Waals surface area contributed by atoms with Gasteiger partial charge in [0.15, 0.2) is 0 Å². The molecule has 182 valence electrons. The van der Waals surface area contributed by atoms with E-state index < -0.39 is 23.8 Å². The normalized spacial score (nSPS) is 16.5. The van der Waals surface area contributed by atoms with Gasteiger partial charge in [0, 0.05) is 12.2 Å². The lowest BCUT2D eigenvalue weighted by Gasteiger charge is -2.29. The monoisotopic (exact) mass is 467 g/mol. The number of nitrogens with zero attached hydrogens (tertiary/aromatic N) is 1. The molecule has 1 fully saturated rings. The summed E-state index contributed by atoms with van der Waals surface area (Å²) >= 11 is 0. The zero-order chi connectivity index (χ0) is 24.9. The molecule has 3 rings (SSSR count). The van der Waals surface area contributed by atoms with Crippen LogP contribution >= 0.6 is 0 Å².